The lowest BCUT2D eigenvalue weighted by atomic mass is 10.2. The minimum Gasteiger partial charge on any atom is -0.456 e. The van der Waals surface area contributed by atoms with E-state index in [4.69, 9.17) is 23.2 Å². The largest absolute Gasteiger partial charge is 0.456 e. The molecule has 0 atom stereocenters. The van der Waals surface area contributed by atoms with Crippen LogP contribution in [-0.4, -0.2) is 11.0 Å². The van der Waals surface area contributed by atoms with E-state index in [1.54, 1.807) is 0 Å². The summed E-state index contributed by atoms with van der Waals surface area (Å²) in [5.41, 5.74) is -1.77. The Morgan fingerprint density at radius 3 is 2.04 bits per heavy atom. The summed E-state index contributed by atoms with van der Waals surface area (Å²) in [6.07, 6.45) is 0. The van der Waals surface area contributed by atoms with Crippen LogP contribution in [0.15, 0.2) is 12.1 Å². The van der Waals surface area contributed by atoms with Gasteiger partial charge in [0.15, 0.2) is 29.0 Å². The molecule has 1 aromatic heterocycles. The SMILES string of the molecule is O=C(OCc1c(F)c(F)c(F)c(F)c1F)c1nc(Cl)ccc1Cl. The van der Waals surface area contributed by atoms with Gasteiger partial charge in [-0.1, -0.05) is 23.2 Å². The molecule has 0 saturated heterocycles. The molecular weight excluding hydrogens is 368 g/mol. The van der Waals surface area contributed by atoms with Gasteiger partial charge in [-0.25, -0.2) is 31.7 Å². The van der Waals surface area contributed by atoms with Crippen molar-refractivity contribution in [3.8, 4) is 0 Å². The van der Waals surface area contributed by atoms with Crippen molar-refractivity contribution in [3.05, 3.63) is 62.7 Å². The Labute approximate surface area is 135 Å². The van der Waals surface area contributed by atoms with Gasteiger partial charge in [0.05, 0.1) is 10.6 Å². The second-order valence-corrected chi connectivity index (χ2v) is 4.88. The number of benzene rings is 1. The highest BCUT2D eigenvalue weighted by molar-refractivity contribution is 6.34. The second kappa shape index (κ2) is 6.67. The summed E-state index contributed by atoms with van der Waals surface area (Å²) in [6, 6.07) is 2.48. The summed E-state index contributed by atoms with van der Waals surface area (Å²) >= 11 is 11.2. The van der Waals surface area contributed by atoms with Crippen molar-refractivity contribution in [2.24, 2.45) is 0 Å². The smallest absolute Gasteiger partial charge is 0.358 e. The van der Waals surface area contributed by atoms with Gasteiger partial charge in [0, 0.05) is 0 Å². The van der Waals surface area contributed by atoms with Crippen LogP contribution < -0.4 is 0 Å². The first kappa shape index (κ1) is 17.4. The number of halogens is 7. The molecule has 10 heteroatoms. The van der Waals surface area contributed by atoms with Crippen LogP contribution in [-0.2, 0) is 11.3 Å². The fourth-order valence-corrected chi connectivity index (χ4v) is 1.87. The van der Waals surface area contributed by atoms with E-state index in [0.29, 0.717) is 0 Å². The van der Waals surface area contributed by atoms with Crippen LogP contribution >= 0.6 is 23.2 Å². The molecule has 1 aromatic carbocycles. The van der Waals surface area contributed by atoms with E-state index in [-0.39, 0.29) is 10.2 Å². The molecule has 2 aromatic rings. The molecule has 0 bridgehead atoms. The van der Waals surface area contributed by atoms with Gasteiger partial charge >= 0.3 is 5.97 Å². The lowest BCUT2D eigenvalue weighted by Crippen LogP contribution is -2.13. The second-order valence-electron chi connectivity index (χ2n) is 4.09. The molecule has 122 valence electrons. The third-order valence-corrected chi connectivity index (χ3v) is 3.17. The third kappa shape index (κ3) is 3.37. The Bertz CT molecular complexity index is 771. The predicted molar refractivity (Wildman–Crippen MR) is 69.6 cm³/mol. The average molecular weight is 372 g/mol. The number of hydrogen-bond donors (Lipinski definition) is 0. The van der Waals surface area contributed by atoms with Crippen LogP contribution in [0.4, 0.5) is 22.0 Å². The molecule has 1 heterocycles. The summed E-state index contributed by atoms with van der Waals surface area (Å²) in [5, 5.41) is -0.283. The molecule has 0 aliphatic heterocycles. The fourth-order valence-electron chi connectivity index (χ4n) is 1.54. The van der Waals surface area contributed by atoms with E-state index in [0.717, 1.165) is 0 Å². The number of pyridine rings is 1. The molecule has 0 aliphatic carbocycles. The number of carbonyl (C=O) groups is 1. The Kier molecular flexibility index (Phi) is 5.06. The van der Waals surface area contributed by atoms with Crippen molar-refractivity contribution >= 4 is 29.2 Å². The number of ether oxygens (including phenoxy) is 1. The first-order chi connectivity index (χ1) is 10.7. The molecule has 2 rings (SSSR count). The quantitative estimate of drug-likeness (QED) is 0.263. The Morgan fingerprint density at radius 1 is 0.957 bits per heavy atom. The first-order valence-electron chi connectivity index (χ1n) is 5.73. The minimum atomic E-state index is -2.31. The van der Waals surface area contributed by atoms with Gasteiger partial charge in [-0.2, -0.15) is 0 Å². The van der Waals surface area contributed by atoms with Gasteiger partial charge in [0.2, 0.25) is 5.82 Å². The fraction of sp³-hybridized carbons (Fsp3) is 0.0769. The van der Waals surface area contributed by atoms with E-state index in [9.17, 15) is 26.7 Å². The Balaban J connectivity index is 2.28. The monoisotopic (exact) mass is 371 g/mol. The number of aromatic nitrogens is 1. The van der Waals surface area contributed by atoms with Crippen LogP contribution in [0.25, 0.3) is 0 Å². The molecule has 0 fully saturated rings. The molecule has 0 amide bonds. The van der Waals surface area contributed by atoms with Gasteiger partial charge in [-0.05, 0) is 12.1 Å². The van der Waals surface area contributed by atoms with Gasteiger partial charge in [-0.15, -0.1) is 0 Å². The highest BCUT2D eigenvalue weighted by atomic mass is 35.5. The predicted octanol–water partition coefficient (Wildman–Crippen LogP) is 4.44. The number of carbonyl (C=O) groups excluding carboxylic acids is 1. The number of esters is 1. The van der Waals surface area contributed by atoms with Crippen molar-refractivity contribution in [1.29, 1.82) is 0 Å². The van der Waals surface area contributed by atoms with Crippen LogP contribution in [0.3, 0.4) is 0 Å². The maximum atomic E-state index is 13.4. The van der Waals surface area contributed by atoms with E-state index >= 15 is 0 Å². The topological polar surface area (TPSA) is 39.2 Å². The average Bonchev–Trinajstić information content (AvgIpc) is 2.53. The first-order valence-corrected chi connectivity index (χ1v) is 6.49. The van der Waals surface area contributed by atoms with Gasteiger partial charge < -0.3 is 4.74 Å². The van der Waals surface area contributed by atoms with Crippen molar-refractivity contribution in [2.45, 2.75) is 6.61 Å². The van der Waals surface area contributed by atoms with Gasteiger partial charge in [-0.3, -0.25) is 0 Å². The maximum Gasteiger partial charge on any atom is 0.358 e. The van der Waals surface area contributed by atoms with Crippen LogP contribution in [0.1, 0.15) is 16.1 Å². The molecular formula is C13H4Cl2F5NO2. The summed E-state index contributed by atoms with van der Waals surface area (Å²) in [5.74, 6) is -12.0. The van der Waals surface area contributed by atoms with E-state index in [2.05, 4.69) is 9.72 Å². The maximum absolute atomic E-state index is 13.4. The standard InChI is InChI=1S/C13H4Cl2F5NO2/c14-5-1-2-6(15)21-12(5)13(22)23-3-4-7(16)9(18)11(20)10(19)8(4)17/h1-2H,3H2. The summed E-state index contributed by atoms with van der Waals surface area (Å²) in [7, 11) is 0. The highest BCUT2D eigenvalue weighted by Crippen LogP contribution is 2.24. The van der Waals surface area contributed by atoms with Gasteiger partial charge in [0.25, 0.3) is 0 Å². The zero-order valence-electron chi connectivity index (χ0n) is 10.8. The van der Waals surface area contributed by atoms with Crippen molar-refractivity contribution < 1.29 is 31.5 Å². The molecule has 0 aliphatic rings. The summed E-state index contributed by atoms with van der Waals surface area (Å²) in [4.78, 5) is 15.3. The molecule has 0 saturated carbocycles. The summed E-state index contributed by atoms with van der Waals surface area (Å²) in [6.45, 7) is -1.21. The number of rotatable bonds is 3. The van der Waals surface area contributed by atoms with E-state index < -0.39 is 52.9 Å². The van der Waals surface area contributed by atoms with E-state index in [1.807, 2.05) is 0 Å². The minimum absolute atomic E-state index is 0.113. The van der Waals surface area contributed by atoms with E-state index in [1.165, 1.54) is 12.1 Å². The van der Waals surface area contributed by atoms with Gasteiger partial charge in [0.1, 0.15) is 11.8 Å². The van der Waals surface area contributed by atoms with Crippen LogP contribution in [0.2, 0.25) is 10.2 Å². The zero-order chi connectivity index (χ0) is 17.3. The number of hydrogen-bond acceptors (Lipinski definition) is 3. The number of nitrogens with zero attached hydrogens (tertiary/aromatic N) is 1. The van der Waals surface area contributed by atoms with Crippen LogP contribution in [0, 0.1) is 29.1 Å². The Morgan fingerprint density at radius 2 is 1.48 bits per heavy atom. The van der Waals surface area contributed by atoms with Crippen molar-refractivity contribution in [2.75, 3.05) is 0 Å². The molecule has 3 nitrogen and oxygen atoms in total. The zero-order valence-corrected chi connectivity index (χ0v) is 12.3. The van der Waals surface area contributed by atoms with Crippen molar-refractivity contribution in [1.82, 2.24) is 4.98 Å². The molecule has 0 unspecified atom stereocenters. The van der Waals surface area contributed by atoms with Crippen molar-refractivity contribution in [3.63, 3.8) is 0 Å². The summed E-state index contributed by atoms with van der Waals surface area (Å²) < 4.78 is 70.2. The lowest BCUT2D eigenvalue weighted by Gasteiger charge is -2.09. The Hall–Kier alpha value is -1.93. The molecule has 0 spiro atoms. The normalized spacial score (nSPS) is 10.7. The third-order valence-electron chi connectivity index (χ3n) is 2.65. The van der Waals surface area contributed by atoms with Crippen LogP contribution in [0.5, 0.6) is 0 Å². The highest BCUT2D eigenvalue weighted by Gasteiger charge is 2.27. The molecule has 0 radical (unpaired) electrons. The molecule has 23 heavy (non-hydrogen) atoms. The molecule has 0 N–H and O–H groups in total. The lowest BCUT2D eigenvalue weighted by molar-refractivity contribution is 0.0455.